The number of likely N-dealkylation sites (tertiary alicyclic amines) is 1. The summed E-state index contributed by atoms with van der Waals surface area (Å²) in [6, 6.07) is 8.47. The summed E-state index contributed by atoms with van der Waals surface area (Å²) in [5.74, 6) is 0.852. The highest BCUT2D eigenvalue weighted by Crippen LogP contribution is 2.44. The van der Waals surface area contributed by atoms with Crippen molar-refractivity contribution in [3.8, 4) is 0 Å². The molecule has 3 heterocycles. The van der Waals surface area contributed by atoms with Crippen molar-refractivity contribution >= 4 is 10.9 Å². The van der Waals surface area contributed by atoms with Gasteiger partial charge < -0.3 is 14.5 Å². The van der Waals surface area contributed by atoms with E-state index in [1.165, 1.54) is 28.1 Å². The maximum Gasteiger partial charge on any atom is 0.328 e. The van der Waals surface area contributed by atoms with Gasteiger partial charge in [-0.25, -0.2) is 4.79 Å². The van der Waals surface area contributed by atoms with Crippen LogP contribution in [0.2, 0.25) is 0 Å². The van der Waals surface area contributed by atoms with Gasteiger partial charge in [-0.3, -0.25) is 9.78 Å². The Bertz CT molecular complexity index is 1090. The zero-order chi connectivity index (χ0) is 17.8. The summed E-state index contributed by atoms with van der Waals surface area (Å²) in [4.78, 5) is 31.6. The first-order valence-corrected chi connectivity index (χ1v) is 9.19. The molecule has 2 aromatic heterocycles. The molecule has 0 saturated carbocycles. The highest BCUT2D eigenvalue weighted by molar-refractivity contribution is 5.88. The Hall–Kier alpha value is -2.60. The summed E-state index contributed by atoms with van der Waals surface area (Å²) in [6.07, 6.45) is 5.90. The third kappa shape index (κ3) is 2.36. The van der Waals surface area contributed by atoms with Gasteiger partial charge in [0.05, 0.1) is 0 Å². The van der Waals surface area contributed by atoms with Crippen molar-refractivity contribution in [1.29, 1.82) is 0 Å². The largest absolute Gasteiger partial charge is 0.361 e. The van der Waals surface area contributed by atoms with Crippen LogP contribution in [0, 0.1) is 5.92 Å². The molecule has 3 atom stereocenters. The van der Waals surface area contributed by atoms with Crippen molar-refractivity contribution in [2.45, 2.75) is 31.3 Å². The summed E-state index contributed by atoms with van der Waals surface area (Å²) < 4.78 is 1.63. The smallest absolute Gasteiger partial charge is 0.328 e. The number of aromatic amines is 2. The average Bonchev–Trinajstić information content (AvgIpc) is 3.03. The van der Waals surface area contributed by atoms with E-state index in [2.05, 4.69) is 46.3 Å². The topological polar surface area (TPSA) is 73.9 Å². The Labute approximate surface area is 150 Å². The second-order valence-electron chi connectivity index (χ2n) is 7.77. The van der Waals surface area contributed by atoms with Gasteiger partial charge >= 0.3 is 5.69 Å². The maximum atomic E-state index is 12.1. The number of aromatic nitrogens is 3. The second-order valence-corrected chi connectivity index (χ2v) is 7.77. The Balaban J connectivity index is 1.49. The molecule has 1 aliphatic heterocycles. The summed E-state index contributed by atoms with van der Waals surface area (Å²) in [5, 5.41) is 1.39. The molecule has 0 spiro atoms. The Morgan fingerprint density at radius 3 is 2.96 bits per heavy atom. The van der Waals surface area contributed by atoms with Gasteiger partial charge in [0.15, 0.2) is 0 Å². The number of nitrogens with one attached hydrogen (secondary N) is 2. The van der Waals surface area contributed by atoms with Crippen LogP contribution in [0.4, 0.5) is 0 Å². The molecule has 134 valence electrons. The highest BCUT2D eigenvalue weighted by Gasteiger charge is 2.39. The van der Waals surface area contributed by atoms with Gasteiger partial charge in [-0.05, 0) is 43.0 Å². The summed E-state index contributed by atoms with van der Waals surface area (Å²) in [6.45, 7) is 1.60. The van der Waals surface area contributed by atoms with Gasteiger partial charge in [-0.2, -0.15) is 0 Å². The van der Waals surface area contributed by atoms with E-state index in [1.54, 1.807) is 10.8 Å². The molecule has 1 aromatic carbocycles. The van der Waals surface area contributed by atoms with Crippen molar-refractivity contribution in [2.24, 2.45) is 5.92 Å². The normalized spacial score (nSPS) is 25.3. The fourth-order valence-corrected chi connectivity index (χ4v) is 5.05. The third-order valence-corrected chi connectivity index (χ3v) is 6.16. The number of nitrogens with zero attached hydrogens (tertiary/aromatic N) is 2. The number of likely N-dealkylation sites (N-methyl/N-ethyl adjacent to an activating group) is 1. The van der Waals surface area contributed by atoms with Crippen molar-refractivity contribution in [3.05, 3.63) is 68.6 Å². The molecule has 3 aromatic rings. The van der Waals surface area contributed by atoms with Crippen molar-refractivity contribution in [1.82, 2.24) is 19.4 Å². The number of rotatable bonds is 2. The lowest BCUT2D eigenvalue weighted by Crippen LogP contribution is -2.49. The van der Waals surface area contributed by atoms with E-state index < -0.39 is 0 Å². The Morgan fingerprint density at radius 1 is 1.23 bits per heavy atom. The van der Waals surface area contributed by atoms with Gasteiger partial charge in [-0.15, -0.1) is 0 Å². The molecule has 6 nitrogen and oxygen atoms in total. The minimum absolute atomic E-state index is 0.319. The van der Waals surface area contributed by atoms with E-state index >= 15 is 0 Å². The van der Waals surface area contributed by atoms with Crippen LogP contribution >= 0.6 is 0 Å². The Morgan fingerprint density at radius 2 is 2.12 bits per heavy atom. The first-order chi connectivity index (χ1) is 12.6. The first-order valence-electron chi connectivity index (χ1n) is 9.19. The molecular formula is C20H22N4O2. The molecule has 2 aliphatic rings. The van der Waals surface area contributed by atoms with Gasteiger partial charge in [0.1, 0.15) is 0 Å². The number of hydrogen-bond acceptors (Lipinski definition) is 3. The fourth-order valence-electron chi connectivity index (χ4n) is 5.05. The second kappa shape index (κ2) is 5.71. The van der Waals surface area contributed by atoms with Crippen LogP contribution in [0.5, 0.6) is 0 Å². The van der Waals surface area contributed by atoms with Crippen LogP contribution in [0.1, 0.15) is 23.5 Å². The molecule has 1 saturated heterocycles. The van der Waals surface area contributed by atoms with Gasteiger partial charge in [0.25, 0.3) is 5.56 Å². The molecule has 1 aliphatic carbocycles. The molecule has 1 unspecified atom stereocenters. The van der Waals surface area contributed by atoms with E-state index in [4.69, 9.17) is 0 Å². The van der Waals surface area contributed by atoms with Gasteiger partial charge in [0.2, 0.25) is 0 Å². The number of piperidine rings is 1. The molecule has 2 N–H and O–H groups in total. The minimum Gasteiger partial charge on any atom is -0.361 e. The zero-order valence-electron chi connectivity index (χ0n) is 14.7. The lowest BCUT2D eigenvalue weighted by atomic mass is 9.72. The standard InChI is InChI=1S/C20H22N4O2/c1-23-10-12(11-24-6-5-18(25)22-20(24)26)7-15-14-3-2-4-16-19(14)13(9-21-16)8-17(15)23/h2-6,9,12,15,17,21H,7-8,10-11H2,1H3,(H,22,25,26)/t12-,15?,17-/m1/s1. The molecule has 5 rings (SSSR count). The molecule has 6 heteroatoms. The number of H-pyrrole nitrogens is 2. The van der Waals surface area contributed by atoms with E-state index in [-0.39, 0.29) is 11.2 Å². The monoisotopic (exact) mass is 350 g/mol. The van der Waals surface area contributed by atoms with Crippen LogP contribution in [-0.4, -0.2) is 39.1 Å². The van der Waals surface area contributed by atoms with Crippen LogP contribution < -0.4 is 11.2 Å². The summed E-state index contributed by atoms with van der Waals surface area (Å²) in [5.41, 5.74) is 3.41. The van der Waals surface area contributed by atoms with Crippen LogP contribution in [0.25, 0.3) is 10.9 Å². The number of fused-ring (bicyclic) bond motifs is 2. The van der Waals surface area contributed by atoms with Crippen molar-refractivity contribution in [3.63, 3.8) is 0 Å². The quantitative estimate of drug-likeness (QED) is 0.738. The van der Waals surface area contributed by atoms with E-state index in [0.29, 0.717) is 24.4 Å². The maximum absolute atomic E-state index is 12.1. The Kier molecular flexibility index (Phi) is 3.43. The molecule has 0 amide bonds. The fraction of sp³-hybridized carbons (Fsp3) is 0.400. The van der Waals surface area contributed by atoms with Gasteiger partial charge in [-0.1, -0.05) is 12.1 Å². The lowest BCUT2D eigenvalue weighted by molar-refractivity contribution is 0.103. The summed E-state index contributed by atoms with van der Waals surface area (Å²) >= 11 is 0. The van der Waals surface area contributed by atoms with Crippen molar-refractivity contribution < 1.29 is 0 Å². The van der Waals surface area contributed by atoms with E-state index in [9.17, 15) is 9.59 Å². The van der Waals surface area contributed by atoms with Crippen LogP contribution in [-0.2, 0) is 13.0 Å². The third-order valence-electron chi connectivity index (χ3n) is 6.16. The molecule has 26 heavy (non-hydrogen) atoms. The molecule has 1 fully saturated rings. The lowest BCUT2D eigenvalue weighted by Gasteiger charge is -2.45. The minimum atomic E-state index is -0.342. The first kappa shape index (κ1) is 15.6. The predicted octanol–water partition coefficient (Wildman–Crippen LogP) is 1.68. The summed E-state index contributed by atoms with van der Waals surface area (Å²) in [7, 11) is 2.19. The SMILES string of the molecule is CN1C[C@H](Cn2ccc(=O)[nH]c2=O)CC2c3cccc4[nH]cc(c34)C[C@H]21. The predicted molar refractivity (Wildman–Crippen MR) is 101 cm³/mol. The van der Waals surface area contributed by atoms with Crippen LogP contribution in [0.15, 0.2) is 46.2 Å². The molecular weight excluding hydrogens is 328 g/mol. The van der Waals surface area contributed by atoms with E-state index in [1.807, 2.05) is 0 Å². The highest BCUT2D eigenvalue weighted by atomic mass is 16.2. The van der Waals surface area contributed by atoms with Gasteiger partial charge in [0, 0.05) is 54.4 Å². The van der Waals surface area contributed by atoms with E-state index in [0.717, 1.165) is 19.4 Å². The van der Waals surface area contributed by atoms with Crippen molar-refractivity contribution in [2.75, 3.05) is 13.6 Å². The number of hydrogen-bond donors (Lipinski definition) is 2. The number of benzene rings is 1. The zero-order valence-corrected chi connectivity index (χ0v) is 14.7. The van der Waals surface area contributed by atoms with Crippen LogP contribution in [0.3, 0.4) is 0 Å². The molecule has 0 radical (unpaired) electrons. The average molecular weight is 350 g/mol. The molecule has 0 bridgehead atoms.